The first-order chi connectivity index (χ1) is 7.86. The van der Waals surface area contributed by atoms with Crippen molar-refractivity contribution in [3.8, 4) is 0 Å². The number of nitro groups is 1. The number of primary sulfonamides is 1. The molecule has 17 heavy (non-hydrogen) atoms. The fourth-order valence-electron chi connectivity index (χ4n) is 1.22. The number of sulfonamides is 1. The lowest BCUT2D eigenvalue weighted by Gasteiger charge is -2.04. The Bertz CT molecular complexity index is 528. The Hall–Kier alpha value is -1.12. The molecule has 94 valence electrons. The van der Waals surface area contributed by atoms with Crippen LogP contribution in [0.25, 0.3) is 0 Å². The van der Waals surface area contributed by atoms with Gasteiger partial charge in [0, 0.05) is 17.4 Å². The van der Waals surface area contributed by atoms with Crippen LogP contribution in [0.2, 0.25) is 0 Å². The van der Waals surface area contributed by atoms with E-state index in [2.05, 4.69) is 0 Å². The monoisotopic (exact) mass is 276 g/mol. The second-order valence-electron chi connectivity index (χ2n) is 3.23. The summed E-state index contributed by atoms with van der Waals surface area (Å²) in [6.45, 7) is 1.94. The van der Waals surface area contributed by atoms with E-state index in [1.54, 1.807) is 0 Å². The number of nitrogens with two attached hydrogens (primary N) is 1. The Labute approximate surface area is 103 Å². The summed E-state index contributed by atoms with van der Waals surface area (Å²) < 4.78 is 22.2. The first kappa shape index (κ1) is 13.9. The Kier molecular flexibility index (Phi) is 4.49. The molecule has 0 heterocycles. The quantitative estimate of drug-likeness (QED) is 0.648. The van der Waals surface area contributed by atoms with Crippen LogP contribution in [-0.4, -0.2) is 19.1 Å². The number of nitrogens with zero attached hydrogens (tertiary/aromatic N) is 1. The van der Waals surface area contributed by atoms with E-state index < -0.39 is 14.9 Å². The topological polar surface area (TPSA) is 103 Å². The third-order valence-corrected chi connectivity index (χ3v) is 3.88. The molecule has 0 aliphatic carbocycles. The maximum absolute atomic E-state index is 11.1. The molecule has 1 aromatic rings. The maximum atomic E-state index is 11.1. The molecule has 0 atom stereocenters. The van der Waals surface area contributed by atoms with Crippen molar-refractivity contribution in [2.45, 2.75) is 17.6 Å². The van der Waals surface area contributed by atoms with Gasteiger partial charge in [0.25, 0.3) is 5.69 Å². The minimum absolute atomic E-state index is 0.211. The number of thioether (sulfide) groups is 1. The SMILES string of the molecule is CCSCc1ccc(S(N)(=O)=O)cc1[N+](=O)[O-]. The number of hydrogen-bond donors (Lipinski definition) is 1. The first-order valence-corrected chi connectivity index (χ1v) is 7.44. The van der Waals surface area contributed by atoms with Gasteiger partial charge in [0.15, 0.2) is 0 Å². The Balaban J connectivity index is 3.22. The highest BCUT2D eigenvalue weighted by atomic mass is 32.2. The van der Waals surface area contributed by atoms with Crippen molar-refractivity contribution in [2.75, 3.05) is 5.75 Å². The van der Waals surface area contributed by atoms with Crippen molar-refractivity contribution in [1.29, 1.82) is 0 Å². The third kappa shape index (κ3) is 3.69. The van der Waals surface area contributed by atoms with E-state index in [-0.39, 0.29) is 10.6 Å². The molecule has 0 unspecified atom stereocenters. The van der Waals surface area contributed by atoms with E-state index in [9.17, 15) is 18.5 Å². The van der Waals surface area contributed by atoms with Gasteiger partial charge in [-0.2, -0.15) is 11.8 Å². The number of benzene rings is 1. The molecule has 6 nitrogen and oxygen atoms in total. The van der Waals surface area contributed by atoms with E-state index in [1.807, 2.05) is 6.92 Å². The van der Waals surface area contributed by atoms with Crippen LogP contribution < -0.4 is 5.14 Å². The van der Waals surface area contributed by atoms with Gasteiger partial charge in [-0.15, -0.1) is 0 Å². The molecular formula is C9H12N2O4S2. The van der Waals surface area contributed by atoms with Crippen molar-refractivity contribution in [1.82, 2.24) is 0 Å². The zero-order valence-electron chi connectivity index (χ0n) is 9.12. The molecule has 1 rings (SSSR count). The fourth-order valence-corrected chi connectivity index (χ4v) is 2.43. The van der Waals surface area contributed by atoms with E-state index in [0.29, 0.717) is 11.3 Å². The molecule has 0 saturated heterocycles. The van der Waals surface area contributed by atoms with Crippen molar-refractivity contribution in [3.63, 3.8) is 0 Å². The van der Waals surface area contributed by atoms with Gasteiger partial charge in [0.1, 0.15) is 0 Å². The fraction of sp³-hybridized carbons (Fsp3) is 0.333. The van der Waals surface area contributed by atoms with Crippen LogP contribution in [0.1, 0.15) is 12.5 Å². The molecule has 0 aliphatic rings. The van der Waals surface area contributed by atoms with Crippen molar-refractivity contribution in [3.05, 3.63) is 33.9 Å². The highest BCUT2D eigenvalue weighted by Gasteiger charge is 2.18. The lowest BCUT2D eigenvalue weighted by atomic mass is 10.2. The maximum Gasteiger partial charge on any atom is 0.274 e. The Morgan fingerprint density at radius 2 is 2.12 bits per heavy atom. The van der Waals surface area contributed by atoms with Crippen molar-refractivity contribution < 1.29 is 13.3 Å². The largest absolute Gasteiger partial charge is 0.274 e. The summed E-state index contributed by atoms with van der Waals surface area (Å²) in [5, 5.41) is 15.7. The zero-order chi connectivity index (χ0) is 13.1. The minimum Gasteiger partial charge on any atom is -0.258 e. The van der Waals surface area contributed by atoms with Gasteiger partial charge in [-0.3, -0.25) is 10.1 Å². The van der Waals surface area contributed by atoms with Crippen LogP contribution in [-0.2, 0) is 15.8 Å². The molecule has 0 radical (unpaired) electrons. The number of nitro benzene ring substituents is 1. The standard InChI is InChI=1S/C9H12N2O4S2/c1-2-16-6-7-3-4-8(17(10,14)15)5-9(7)11(12)13/h3-5H,2,6H2,1H3,(H2,10,14,15). The summed E-state index contributed by atoms with van der Waals surface area (Å²) in [5.74, 6) is 1.30. The first-order valence-electron chi connectivity index (χ1n) is 4.74. The third-order valence-electron chi connectivity index (χ3n) is 2.04. The van der Waals surface area contributed by atoms with Crippen molar-refractivity contribution in [2.24, 2.45) is 5.14 Å². The lowest BCUT2D eigenvalue weighted by molar-refractivity contribution is -0.385. The molecule has 2 N–H and O–H groups in total. The number of rotatable bonds is 5. The van der Waals surface area contributed by atoms with Crippen LogP contribution in [0, 0.1) is 10.1 Å². The Morgan fingerprint density at radius 1 is 1.47 bits per heavy atom. The molecule has 0 amide bonds. The molecule has 1 aromatic carbocycles. The van der Waals surface area contributed by atoms with Crippen LogP contribution in [0.3, 0.4) is 0 Å². The predicted octanol–water partition coefficient (Wildman–Crippen LogP) is 1.50. The summed E-state index contributed by atoms with van der Waals surface area (Å²) in [6.07, 6.45) is 0. The van der Waals surface area contributed by atoms with Gasteiger partial charge in [0.2, 0.25) is 10.0 Å². The van der Waals surface area contributed by atoms with Crippen LogP contribution in [0.4, 0.5) is 5.69 Å². The van der Waals surface area contributed by atoms with Gasteiger partial charge < -0.3 is 0 Å². The molecule has 0 saturated carbocycles. The van der Waals surface area contributed by atoms with Crippen LogP contribution in [0.5, 0.6) is 0 Å². The van der Waals surface area contributed by atoms with Gasteiger partial charge in [-0.25, -0.2) is 13.6 Å². The van der Waals surface area contributed by atoms with Gasteiger partial charge in [-0.05, 0) is 17.9 Å². The summed E-state index contributed by atoms with van der Waals surface area (Å²) in [5.41, 5.74) is 0.284. The van der Waals surface area contributed by atoms with E-state index in [1.165, 1.54) is 23.9 Å². The molecule has 0 aliphatic heterocycles. The predicted molar refractivity (Wildman–Crippen MR) is 66.3 cm³/mol. The Morgan fingerprint density at radius 3 is 2.59 bits per heavy atom. The van der Waals surface area contributed by atoms with E-state index in [4.69, 9.17) is 5.14 Å². The second-order valence-corrected chi connectivity index (χ2v) is 6.07. The highest BCUT2D eigenvalue weighted by Crippen LogP contribution is 2.25. The minimum atomic E-state index is -3.91. The molecule has 8 heteroatoms. The van der Waals surface area contributed by atoms with Crippen molar-refractivity contribution >= 4 is 27.5 Å². The van der Waals surface area contributed by atoms with Gasteiger partial charge >= 0.3 is 0 Å². The second kappa shape index (κ2) is 5.48. The van der Waals surface area contributed by atoms with E-state index in [0.717, 1.165) is 11.8 Å². The van der Waals surface area contributed by atoms with Crippen LogP contribution >= 0.6 is 11.8 Å². The molecule has 0 spiro atoms. The molecule has 0 fully saturated rings. The highest BCUT2D eigenvalue weighted by molar-refractivity contribution is 7.98. The smallest absolute Gasteiger partial charge is 0.258 e. The van der Waals surface area contributed by atoms with Crippen LogP contribution in [0.15, 0.2) is 23.1 Å². The van der Waals surface area contributed by atoms with Gasteiger partial charge in [-0.1, -0.05) is 6.92 Å². The summed E-state index contributed by atoms with van der Waals surface area (Å²) >= 11 is 1.52. The number of hydrogen-bond acceptors (Lipinski definition) is 5. The molecule has 0 bridgehead atoms. The average Bonchev–Trinajstić information content (AvgIpc) is 2.24. The zero-order valence-corrected chi connectivity index (χ0v) is 10.8. The molecule has 0 aromatic heterocycles. The lowest BCUT2D eigenvalue weighted by Crippen LogP contribution is -2.12. The summed E-state index contributed by atoms with van der Waals surface area (Å²) in [7, 11) is -3.91. The average molecular weight is 276 g/mol. The summed E-state index contributed by atoms with van der Waals surface area (Å²) in [4.78, 5) is 9.99. The van der Waals surface area contributed by atoms with E-state index >= 15 is 0 Å². The van der Waals surface area contributed by atoms with Gasteiger partial charge in [0.05, 0.1) is 9.82 Å². The molecular weight excluding hydrogens is 264 g/mol. The summed E-state index contributed by atoms with van der Waals surface area (Å²) in [6, 6.07) is 3.72. The normalized spacial score (nSPS) is 11.4.